The Morgan fingerprint density at radius 3 is 2.84 bits per heavy atom. The molecule has 5 atom stereocenters. The van der Waals surface area contributed by atoms with Gasteiger partial charge in [0.1, 0.15) is 53.9 Å². The molecule has 1 aliphatic rings. The molecule has 0 aliphatic carbocycles. The Labute approximate surface area is 232 Å². The summed E-state index contributed by atoms with van der Waals surface area (Å²) in [7, 11) is 0. The van der Waals surface area contributed by atoms with E-state index in [1.54, 1.807) is 11.6 Å². The number of ether oxygens (including phenoxy) is 3. The molecule has 0 radical (unpaired) electrons. The molecule has 5 rings (SSSR count). The third-order valence-electron chi connectivity index (χ3n) is 5.88. The molecule has 4 aromatic rings. The molecule has 0 bridgehead atoms. The first-order valence-electron chi connectivity index (χ1n) is 11.4. The summed E-state index contributed by atoms with van der Waals surface area (Å²) >= 11 is 11.9. The number of nitrogens with two attached hydrogens (primary N) is 1. The topological polar surface area (TPSA) is 154 Å². The zero-order chi connectivity index (χ0) is 26.6. The second-order valence-corrected chi connectivity index (χ2v) is 10.2. The number of pyridine rings is 1. The van der Waals surface area contributed by atoms with Crippen molar-refractivity contribution in [3.63, 3.8) is 0 Å². The fourth-order valence-electron chi connectivity index (χ4n) is 4.04. The number of anilines is 1. The van der Waals surface area contributed by atoms with Gasteiger partial charge < -0.3 is 25.1 Å². The van der Waals surface area contributed by atoms with E-state index >= 15 is 0 Å². The smallest absolute Gasteiger partial charge is 0.182 e. The van der Waals surface area contributed by atoms with Gasteiger partial charge in [0, 0.05) is 17.6 Å². The van der Waals surface area contributed by atoms with Crippen LogP contribution in [0, 0.1) is 11.3 Å². The summed E-state index contributed by atoms with van der Waals surface area (Å²) in [6, 6.07) is 12.3. The van der Waals surface area contributed by atoms with Gasteiger partial charge in [-0.3, -0.25) is 0 Å². The van der Waals surface area contributed by atoms with Gasteiger partial charge in [0.25, 0.3) is 0 Å². The third kappa shape index (κ3) is 5.75. The van der Waals surface area contributed by atoms with Crippen LogP contribution in [-0.2, 0) is 16.1 Å². The molecule has 14 heteroatoms. The van der Waals surface area contributed by atoms with E-state index in [1.165, 1.54) is 28.3 Å². The maximum atomic E-state index is 11.5. The molecule has 38 heavy (non-hydrogen) atoms. The number of thiol groups is 1. The molecule has 3 aromatic heterocycles. The summed E-state index contributed by atoms with van der Waals surface area (Å²) in [5.41, 5.74) is 7.09. The second kappa shape index (κ2) is 11.6. The maximum absolute atomic E-state index is 11.5. The molecule has 0 amide bonds. The lowest BCUT2D eigenvalue weighted by atomic mass is 9.97. The van der Waals surface area contributed by atoms with E-state index in [0.717, 1.165) is 5.56 Å². The lowest BCUT2D eigenvalue weighted by Crippen LogP contribution is -2.55. The van der Waals surface area contributed by atoms with Crippen molar-refractivity contribution in [1.29, 1.82) is 5.26 Å². The highest BCUT2D eigenvalue weighted by Gasteiger charge is 2.47. The number of aliphatic hydroxyl groups is 1. The van der Waals surface area contributed by atoms with Crippen LogP contribution in [0.2, 0.25) is 5.02 Å². The Balaban J connectivity index is 1.40. The average Bonchev–Trinajstić information content (AvgIpc) is 3.58. The fraction of sp³-hybridized carbons (Fsp3) is 0.292. The van der Waals surface area contributed by atoms with Gasteiger partial charge in [0.05, 0.1) is 17.8 Å². The number of aromatic nitrogens is 5. The molecule has 1 aromatic carbocycles. The number of aliphatic hydroxyl groups excluding tert-OH is 1. The molecule has 4 heterocycles. The highest BCUT2D eigenvalue weighted by Crippen LogP contribution is 2.35. The molecule has 0 spiro atoms. The van der Waals surface area contributed by atoms with Crippen LogP contribution in [0.3, 0.4) is 0 Å². The highest BCUT2D eigenvalue weighted by molar-refractivity contribution is 7.80. The first-order valence-corrected chi connectivity index (χ1v) is 13.2. The monoisotopic (exact) mass is 571 g/mol. The predicted octanol–water partition coefficient (Wildman–Crippen LogP) is 3.12. The normalized spacial score (nSPS) is 23.2. The van der Waals surface area contributed by atoms with Crippen LogP contribution in [0.1, 0.15) is 17.3 Å². The SMILES string of the molecule is N#Cc1ncc(Cl)cc1OC[C@H]1O[C@H](S)[C@H](OCc2ccccc2)[C@@H](n2cc(-c3csc(N)n3)nn2)[C@H]1O. The average molecular weight is 572 g/mol. The number of hydrogen-bond donors (Lipinski definition) is 3. The van der Waals surface area contributed by atoms with E-state index in [-0.39, 0.29) is 24.7 Å². The quantitative estimate of drug-likeness (QED) is 0.269. The summed E-state index contributed by atoms with van der Waals surface area (Å²) in [6.45, 7) is 0.154. The Morgan fingerprint density at radius 2 is 2.11 bits per heavy atom. The van der Waals surface area contributed by atoms with Gasteiger partial charge in [0.2, 0.25) is 0 Å². The fourth-order valence-corrected chi connectivity index (χ4v) is 5.17. The number of thiazole rings is 1. The van der Waals surface area contributed by atoms with E-state index in [9.17, 15) is 10.4 Å². The lowest BCUT2D eigenvalue weighted by Gasteiger charge is -2.42. The molecule has 0 saturated carbocycles. The van der Waals surface area contributed by atoms with Crippen LogP contribution in [0.5, 0.6) is 5.75 Å². The molecule has 11 nitrogen and oxygen atoms in total. The molecule has 1 saturated heterocycles. The minimum absolute atomic E-state index is 0.0613. The summed E-state index contributed by atoms with van der Waals surface area (Å²) in [4.78, 5) is 8.22. The predicted molar refractivity (Wildman–Crippen MR) is 143 cm³/mol. The van der Waals surface area contributed by atoms with Crippen molar-refractivity contribution in [2.75, 3.05) is 12.3 Å². The van der Waals surface area contributed by atoms with E-state index in [4.69, 9.17) is 31.5 Å². The molecule has 1 fully saturated rings. The molecule has 3 N–H and O–H groups in total. The number of nitrogens with zero attached hydrogens (tertiary/aromatic N) is 6. The number of halogens is 1. The molecular weight excluding hydrogens is 550 g/mol. The first-order chi connectivity index (χ1) is 18.4. The zero-order valence-corrected chi connectivity index (χ0v) is 22.1. The van der Waals surface area contributed by atoms with Crippen LogP contribution in [0.15, 0.2) is 54.2 Å². The number of rotatable bonds is 8. The van der Waals surface area contributed by atoms with Gasteiger partial charge in [-0.1, -0.05) is 47.1 Å². The molecule has 196 valence electrons. The summed E-state index contributed by atoms with van der Waals surface area (Å²) < 4.78 is 19.5. The van der Waals surface area contributed by atoms with Crippen molar-refractivity contribution in [3.05, 3.63) is 70.5 Å². The molecular formula is C24H22ClN7O4S2. The van der Waals surface area contributed by atoms with Gasteiger partial charge in [-0.05, 0) is 5.56 Å². The number of nitrogen functional groups attached to an aromatic ring is 1. The highest BCUT2D eigenvalue weighted by atomic mass is 35.5. The molecule has 0 unspecified atom stereocenters. The van der Waals surface area contributed by atoms with E-state index < -0.39 is 29.8 Å². The minimum Gasteiger partial charge on any atom is -0.488 e. The summed E-state index contributed by atoms with van der Waals surface area (Å²) in [5.74, 6) is 0.176. The van der Waals surface area contributed by atoms with Crippen LogP contribution in [0.4, 0.5) is 5.13 Å². The maximum Gasteiger partial charge on any atom is 0.182 e. The van der Waals surface area contributed by atoms with Crippen molar-refractivity contribution in [2.45, 2.75) is 36.4 Å². The van der Waals surface area contributed by atoms with Crippen molar-refractivity contribution in [1.82, 2.24) is 25.0 Å². The Bertz CT molecular complexity index is 1430. The van der Waals surface area contributed by atoms with Crippen molar-refractivity contribution in [2.24, 2.45) is 0 Å². The largest absolute Gasteiger partial charge is 0.488 e. The summed E-state index contributed by atoms with van der Waals surface area (Å²) in [6.07, 6.45) is 0.312. The Hall–Kier alpha value is -3.25. The lowest BCUT2D eigenvalue weighted by molar-refractivity contribution is -0.193. The Kier molecular flexibility index (Phi) is 8.08. The van der Waals surface area contributed by atoms with E-state index in [2.05, 4.69) is 32.9 Å². The van der Waals surface area contributed by atoms with Crippen molar-refractivity contribution < 1.29 is 19.3 Å². The van der Waals surface area contributed by atoms with Crippen molar-refractivity contribution in [3.8, 4) is 23.2 Å². The van der Waals surface area contributed by atoms with Crippen LogP contribution < -0.4 is 10.5 Å². The van der Waals surface area contributed by atoms with E-state index in [0.29, 0.717) is 21.5 Å². The van der Waals surface area contributed by atoms with Crippen LogP contribution >= 0.6 is 35.6 Å². The van der Waals surface area contributed by atoms with Gasteiger partial charge in [-0.2, -0.15) is 5.26 Å². The van der Waals surface area contributed by atoms with Gasteiger partial charge in [-0.15, -0.1) is 29.1 Å². The number of nitriles is 1. The first kappa shape index (κ1) is 26.4. The van der Waals surface area contributed by atoms with Gasteiger partial charge in [-0.25, -0.2) is 14.6 Å². The minimum atomic E-state index is -1.15. The van der Waals surface area contributed by atoms with Gasteiger partial charge >= 0.3 is 0 Å². The van der Waals surface area contributed by atoms with Crippen LogP contribution in [-0.4, -0.2) is 60.4 Å². The van der Waals surface area contributed by atoms with Gasteiger partial charge in [0.15, 0.2) is 16.6 Å². The number of hydrogen-bond acceptors (Lipinski definition) is 12. The zero-order valence-electron chi connectivity index (χ0n) is 19.7. The standard InChI is InChI=1S/C24H22ClN7O4S2/c25-14-6-18(15(7-26)28-8-14)34-11-19-21(33)20(32-9-16(30-31-32)17-12-38-24(27)29-17)22(23(37)36-19)35-10-13-4-2-1-3-5-13/h1-6,8-9,12,19-23,33,37H,10-11H2,(H2,27,29)/t19-,20+,21+,22-,23-/m1/s1. The summed E-state index contributed by atoms with van der Waals surface area (Å²) in [5, 5.41) is 31.8. The second-order valence-electron chi connectivity index (χ2n) is 8.39. The van der Waals surface area contributed by atoms with Crippen LogP contribution in [0.25, 0.3) is 11.4 Å². The Morgan fingerprint density at radius 1 is 1.29 bits per heavy atom. The number of benzene rings is 1. The van der Waals surface area contributed by atoms with E-state index in [1.807, 2.05) is 36.4 Å². The van der Waals surface area contributed by atoms with Crippen molar-refractivity contribution >= 4 is 40.7 Å². The molecule has 1 aliphatic heterocycles. The third-order valence-corrected chi connectivity index (χ3v) is 7.17.